The van der Waals surface area contributed by atoms with E-state index in [1.807, 2.05) is 6.07 Å². The molecule has 3 rings (SSSR count). The van der Waals surface area contributed by atoms with Gasteiger partial charge in [-0.25, -0.2) is 4.79 Å². The smallest absolute Gasteiger partial charge is 0.374 e. The number of hydrogen-bond donors (Lipinski definition) is 2. The molecule has 0 fully saturated rings. The van der Waals surface area contributed by atoms with Gasteiger partial charge in [0.1, 0.15) is 5.69 Å². The fourth-order valence-electron chi connectivity index (χ4n) is 1.81. The highest BCUT2D eigenvalue weighted by Gasteiger charge is 2.15. The van der Waals surface area contributed by atoms with Gasteiger partial charge in [0.2, 0.25) is 5.76 Å². The van der Waals surface area contributed by atoms with Gasteiger partial charge in [0.25, 0.3) is 0 Å². The number of nitrogens with one attached hydrogen (secondary N) is 1. The standard InChI is InChI=1S/C12H7ClN2O3/c13-6-1-2-7-8(5-14-9(7)3-6)10-4-11(12(16)17)18-15-10/h1-5,14H,(H,16,17). The predicted octanol–water partition coefficient (Wildman–Crippen LogP) is 3.17. The van der Waals surface area contributed by atoms with E-state index in [-0.39, 0.29) is 5.76 Å². The Morgan fingerprint density at radius 2 is 2.22 bits per heavy atom. The zero-order chi connectivity index (χ0) is 12.7. The molecule has 0 saturated heterocycles. The number of hydrogen-bond acceptors (Lipinski definition) is 3. The molecule has 2 heterocycles. The summed E-state index contributed by atoms with van der Waals surface area (Å²) in [6.45, 7) is 0. The molecule has 0 aliphatic heterocycles. The molecule has 0 unspecified atom stereocenters. The number of halogens is 1. The van der Waals surface area contributed by atoms with Crippen LogP contribution in [0, 0.1) is 0 Å². The van der Waals surface area contributed by atoms with E-state index in [4.69, 9.17) is 21.2 Å². The van der Waals surface area contributed by atoms with Gasteiger partial charge >= 0.3 is 5.97 Å². The monoisotopic (exact) mass is 262 g/mol. The van der Waals surface area contributed by atoms with Gasteiger partial charge in [0.15, 0.2) is 0 Å². The molecule has 0 amide bonds. The maximum Gasteiger partial charge on any atom is 0.374 e. The quantitative estimate of drug-likeness (QED) is 0.743. The number of nitrogens with zero attached hydrogens (tertiary/aromatic N) is 1. The zero-order valence-electron chi connectivity index (χ0n) is 8.98. The van der Waals surface area contributed by atoms with E-state index in [0.29, 0.717) is 10.7 Å². The summed E-state index contributed by atoms with van der Waals surface area (Å²) in [6, 6.07) is 6.79. The van der Waals surface area contributed by atoms with Crippen LogP contribution in [0.25, 0.3) is 22.2 Å². The Balaban J connectivity index is 2.16. The van der Waals surface area contributed by atoms with Crippen molar-refractivity contribution in [3.05, 3.63) is 41.2 Å². The van der Waals surface area contributed by atoms with Gasteiger partial charge in [-0.15, -0.1) is 0 Å². The van der Waals surface area contributed by atoms with Crippen LogP contribution in [-0.2, 0) is 0 Å². The summed E-state index contributed by atoms with van der Waals surface area (Å²) in [6.07, 6.45) is 1.74. The summed E-state index contributed by atoms with van der Waals surface area (Å²) in [5.74, 6) is -1.33. The van der Waals surface area contributed by atoms with E-state index in [2.05, 4.69) is 10.1 Å². The fraction of sp³-hybridized carbons (Fsp3) is 0. The second-order valence-corrected chi connectivity index (χ2v) is 4.21. The van der Waals surface area contributed by atoms with Crippen molar-refractivity contribution < 1.29 is 14.4 Å². The summed E-state index contributed by atoms with van der Waals surface area (Å²) < 4.78 is 4.73. The summed E-state index contributed by atoms with van der Waals surface area (Å²) in [5, 5.41) is 14.1. The van der Waals surface area contributed by atoms with Gasteiger partial charge in [-0.05, 0) is 12.1 Å². The van der Waals surface area contributed by atoms with Crippen molar-refractivity contribution >= 4 is 28.5 Å². The van der Waals surface area contributed by atoms with Crippen LogP contribution in [0.5, 0.6) is 0 Å². The van der Waals surface area contributed by atoms with Crippen LogP contribution < -0.4 is 0 Å². The zero-order valence-corrected chi connectivity index (χ0v) is 9.73. The Morgan fingerprint density at radius 3 is 2.94 bits per heavy atom. The molecule has 90 valence electrons. The topological polar surface area (TPSA) is 79.1 Å². The van der Waals surface area contributed by atoms with E-state index in [1.54, 1.807) is 18.3 Å². The van der Waals surface area contributed by atoms with Crippen molar-refractivity contribution in [1.29, 1.82) is 0 Å². The molecule has 0 spiro atoms. The third kappa shape index (κ3) is 1.65. The van der Waals surface area contributed by atoms with Gasteiger partial charge in [0.05, 0.1) is 0 Å². The van der Waals surface area contributed by atoms with E-state index in [9.17, 15) is 4.79 Å². The number of aromatic carboxylic acids is 1. The molecule has 18 heavy (non-hydrogen) atoms. The maximum absolute atomic E-state index is 10.7. The van der Waals surface area contributed by atoms with E-state index in [0.717, 1.165) is 16.5 Å². The molecule has 6 heteroatoms. The van der Waals surface area contributed by atoms with E-state index < -0.39 is 5.97 Å². The number of carboxylic acid groups (broad SMARTS) is 1. The van der Waals surface area contributed by atoms with Crippen molar-refractivity contribution in [3.63, 3.8) is 0 Å². The first-order valence-electron chi connectivity index (χ1n) is 5.12. The normalized spacial score (nSPS) is 10.9. The number of fused-ring (bicyclic) bond motifs is 1. The van der Waals surface area contributed by atoms with Crippen LogP contribution in [0.2, 0.25) is 5.02 Å². The first-order chi connectivity index (χ1) is 8.65. The average Bonchev–Trinajstić information content (AvgIpc) is 2.92. The van der Waals surface area contributed by atoms with E-state index in [1.165, 1.54) is 6.07 Å². The summed E-state index contributed by atoms with van der Waals surface area (Å²) >= 11 is 5.89. The third-order valence-electron chi connectivity index (χ3n) is 2.64. The van der Waals surface area contributed by atoms with Crippen LogP contribution in [0.1, 0.15) is 10.6 Å². The van der Waals surface area contributed by atoms with E-state index >= 15 is 0 Å². The van der Waals surface area contributed by atoms with Gasteiger partial charge in [-0.3, -0.25) is 0 Å². The first-order valence-corrected chi connectivity index (χ1v) is 5.50. The molecular formula is C12H7ClN2O3. The molecule has 0 aliphatic carbocycles. The minimum Gasteiger partial charge on any atom is -0.475 e. The number of aromatic amines is 1. The Morgan fingerprint density at radius 1 is 1.39 bits per heavy atom. The molecule has 2 aromatic heterocycles. The molecule has 0 bridgehead atoms. The number of rotatable bonds is 2. The summed E-state index contributed by atoms with van der Waals surface area (Å²) in [5.41, 5.74) is 2.11. The minimum atomic E-state index is -1.14. The predicted molar refractivity (Wildman–Crippen MR) is 65.8 cm³/mol. The van der Waals surface area contributed by atoms with Crippen LogP contribution in [0.15, 0.2) is 35.0 Å². The Labute approximate surface area is 106 Å². The highest BCUT2D eigenvalue weighted by molar-refractivity contribution is 6.31. The lowest BCUT2D eigenvalue weighted by atomic mass is 10.1. The van der Waals surface area contributed by atoms with Crippen LogP contribution in [0.4, 0.5) is 0 Å². The Kier molecular flexibility index (Phi) is 2.34. The van der Waals surface area contributed by atoms with Gasteiger partial charge < -0.3 is 14.6 Å². The molecule has 2 N–H and O–H groups in total. The molecule has 3 aromatic rings. The number of carboxylic acids is 1. The summed E-state index contributed by atoms with van der Waals surface area (Å²) in [4.78, 5) is 13.8. The lowest BCUT2D eigenvalue weighted by Crippen LogP contribution is -1.91. The SMILES string of the molecule is O=C(O)c1cc(-c2c[nH]c3cc(Cl)ccc23)no1. The summed E-state index contributed by atoms with van der Waals surface area (Å²) in [7, 11) is 0. The fourth-order valence-corrected chi connectivity index (χ4v) is 1.99. The lowest BCUT2D eigenvalue weighted by Gasteiger charge is -1.93. The molecule has 0 aliphatic rings. The minimum absolute atomic E-state index is 0.187. The van der Waals surface area contributed by atoms with Crippen molar-refractivity contribution in [3.8, 4) is 11.3 Å². The van der Waals surface area contributed by atoms with Crippen LogP contribution >= 0.6 is 11.6 Å². The van der Waals surface area contributed by atoms with Crippen molar-refractivity contribution in [1.82, 2.24) is 10.1 Å². The highest BCUT2D eigenvalue weighted by atomic mass is 35.5. The lowest BCUT2D eigenvalue weighted by molar-refractivity contribution is 0.0652. The second-order valence-electron chi connectivity index (χ2n) is 3.77. The van der Waals surface area contributed by atoms with Gasteiger partial charge in [-0.2, -0.15) is 0 Å². The maximum atomic E-state index is 10.7. The van der Waals surface area contributed by atoms with Gasteiger partial charge in [0, 0.05) is 33.8 Å². The Bertz CT molecular complexity index is 745. The second kappa shape index (κ2) is 3.89. The largest absolute Gasteiger partial charge is 0.475 e. The van der Waals surface area contributed by atoms with Gasteiger partial charge in [-0.1, -0.05) is 22.8 Å². The molecule has 0 radical (unpaired) electrons. The van der Waals surface area contributed by atoms with Crippen molar-refractivity contribution in [2.24, 2.45) is 0 Å². The third-order valence-corrected chi connectivity index (χ3v) is 2.88. The van der Waals surface area contributed by atoms with Crippen LogP contribution in [-0.4, -0.2) is 21.2 Å². The molecule has 5 nitrogen and oxygen atoms in total. The number of H-pyrrole nitrogens is 1. The Hall–Kier alpha value is -2.27. The number of benzene rings is 1. The first kappa shape index (κ1) is 10.9. The van der Waals surface area contributed by atoms with Crippen molar-refractivity contribution in [2.45, 2.75) is 0 Å². The molecule has 1 aromatic carbocycles. The average molecular weight is 263 g/mol. The van der Waals surface area contributed by atoms with Crippen LogP contribution in [0.3, 0.4) is 0 Å². The number of carbonyl (C=O) groups is 1. The molecule has 0 atom stereocenters. The van der Waals surface area contributed by atoms with Crippen molar-refractivity contribution in [2.75, 3.05) is 0 Å². The molecular weight excluding hydrogens is 256 g/mol. The molecule has 0 saturated carbocycles. The highest BCUT2D eigenvalue weighted by Crippen LogP contribution is 2.29. The number of aromatic nitrogens is 2.